The predicted octanol–water partition coefficient (Wildman–Crippen LogP) is 12.3. The van der Waals surface area contributed by atoms with Crippen LogP contribution in [0, 0.1) is 27.7 Å². The van der Waals surface area contributed by atoms with Gasteiger partial charge in [0.1, 0.15) is 0 Å². The molecule has 14 rings (SSSR count). The van der Waals surface area contributed by atoms with E-state index in [0.717, 1.165) is 105 Å². The van der Waals surface area contributed by atoms with Crippen molar-refractivity contribution in [2.75, 3.05) is 125 Å². The van der Waals surface area contributed by atoms with Gasteiger partial charge in [-0.15, -0.1) is 0 Å². The Bertz CT molecular complexity index is 3060. The van der Waals surface area contributed by atoms with Crippen LogP contribution in [-0.4, -0.2) is 154 Å². The molecule has 8 heterocycles. The third-order valence-corrected chi connectivity index (χ3v) is 20.2. The SMILES string of the molecule is CC(C)(c1ccc(N(CC2CO2)CC2CO2)cc1)c1ccc(C(C)(C)c2ccc(N(CC3CO3)CC3CO3)cc2)cc1.Cc1cc(C(C)(C)c2ccc(C(C)(C)c3cc(C)c(N(CC4CO4)CC4CO4)c(C)c3)cc2)cc(C)c1N(CC1CO1)CC1CO1. The molecule has 8 aliphatic rings. The van der Waals surface area contributed by atoms with E-state index in [1.807, 2.05) is 0 Å². The quantitative estimate of drug-likeness (QED) is 0.0436. The molecule has 0 N–H and O–H groups in total. The highest BCUT2D eigenvalue weighted by atomic mass is 16.6. The van der Waals surface area contributed by atoms with Gasteiger partial charge in [-0.05, 0) is 119 Å². The first-order valence-corrected chi connectivity index (χ1v) is 32.7. The molecule has 0 bridgehead atoms. The molecule has 12 nitrogen and oxygen atoms in total. The third-order valence-electron chi connectivity index (χ3n) is 20.2. The van der Waals surface area contributed by atoms with Gasteiger partial charge in [-0.3, -0.25) is 0 Å². The summed E-state index contributed by atoms with van der Waals surface area (Å²) in [6.07, 6.45) is 2.84. The van der Waals surface area contributed by atoms with Crippen LogP contribution in [-0.2, 0) is 59.6 Å². The number of anilines is 4. The average molecular weight is 1190 g/mol. The summed E-state index contributed by atoms with van der Waals surface area (Å²) in [5, 5.41) is 0. The summed E-state index contributed by atoms with van der Waals surface area (Å²) < 4.78 is 44.5. The lowest BCUT2D eigenvalue weighted by Gasteiger charge is -2.33. The standard InChI is InChI=1S/C40H52N2O4.C36H44N2O4/c1-25-13-31(14-26(2)37(25)41(17-33-21-43-33)18-34-22-44-34)39(5,6)29-9-11-30(12-10-29)40(7,8)32-15-27(3)38(28(4)16-32)42(19-35-23-45-35)20-36-24-46-36;1-35(2,27-9-13-29(14-10-27)37(17-31-21-39-31)18-32-22-40-32)25-5-7-26(8-6-25)36(3,4)28-11-15-30(16-12-28)38(19-33-23-41-33)20-34-24-42-34/h9-16,33-36H,17-24H2,1-8H3;5-16,31-34H,17-24H2,1-4H3. The molecule has 0 aromatic heterocycles. The van der Waals surface area contributed by atoms with E-state index in [1.54, 1.807) is 0 Å². The minimum atomic E-state index is -0.129. The summed E-state index contributed by atoms with van der Waals surface area (Å²) >= 11 is 0. The van der Waals surface area contributed by atoms with Gasteiger partial charge >= 0.3 is 0 Å². The Hall–Kier alpha value is -5.80. The lowest BCUT2D eigenvalue weighted by molar-refractivity contribution is 0.388. The largest absolute Gasteiger partial charge is 0.371 e. The number of hydrogen-bond acceptors (Lipinski definition) is 12. The minimum absolute atomic E-state index is 0.104. The summed E-state index contributed by atoms with van der Waals surface area (Å²) in [4.78, 5) is 9.81. The Morgan fingerprint density at radius 1 is 0.261 bits per heavy atom. The molecule has 0 aliphatic carbocycles. The Morgan fingerprint density at radius 3 is 0.602 bits per heavy atom. The molecule has 8 unspecified atom stereocenters. The van der Waals surface area contributed by atoms with Crippen molar-refractivity contribution in [3.05, 3.63) is 188 Å². The van der Waals surface area contributed by atoms with Crippen LogP contribution in [0.4, 0.5) is 22.7 Å². The van der Waals surface area contributed by atoms with Gasteiger partial charge in [-0.1, -0.05) is 152 Å². The third kappa shape index (κ3) is 14.5. The zero-order chi connectivity index (χ0) is 61.3. The fourth-order valence-corrected chi connectivity index (χ4v) is 13.5. The summed E-state index contributed by atoms with van der Waals surface area (Å²) in [7, 11) is 0. The maximum atomic E-state index is 5.60. The highest BCUT2D eigenvalue weighted by Gasteiger charge is 2.38. The second-order valence-electron chi connectivity index (χ2n) is 28.9. The van der Waals surface area contributed by atoms with Crippen molar-refractivity contribution in [2.45, 2.75) is 154 Å². The van der Waals surface area contributed by atoms with E-state index < -0.39 is 0 Å². The lowest BCUT2D eigenvalue weighted by Crippen LogP contribution is -2.33. The molecule has 8 saturated heterocycles. The molecule has 88 heavy (non-hydrogen) atoms. The first-order chi connectivity index (χ1) is 42.1. The highest BCUT2D eigenvalue weighted by Crippen LogP contribution is 2.42. The van der Waals surface area contributed by atoms with E-state index in [9.17, 15) is 0 Å². The van der Waals surface area contributed by atoms with Crippen molar-refractivity contribution in [2.24, 2.45) is 0 Å². The van der Waals surface area contributed by atoms with Crippen LogP contribution in [0.15, 0.2) is 121 Å². The fourth-order valence-electron chi connectivity index (χ4n) is 13.5. The van der Waals surface area contributed by atoms with Crippen LogP contribution in [0.3, 0.4) is 0 Å². The number of aryl methyl sites for hydroxylation is 4. The Kier molecular flexibility index (Phi) is 17.0. The second-order valence-corrected chi connectivity index (χ2v) is 28.9. The smallest absolute Gasteiger partial charge is 0.0984 e. The zero-order valence-corrected chi connectivity index (χ0v) is 54.5. The molecule has 8 atom stereocenters. The van der Waals surface area contributed by atoms with Crippen molar-refractivity contribution < 1.29 is 37.9 Å². The molecule has 6 aromatic rings. The van der Waals surface area contributed by atoms with Gasteiger partial charge in [0, 0.05) is 96.8 Å². The summed E-state index contributed by atoms with van der Waals surface area (Å²) in [6, 6.07) is 46.4. The van der Waals surface area contributed by atoms with Crippen LogP contribution in [0.5, 0.6) is 0 Å². The molecule has 468 valence electrons. The van der Waals surface area contributed by atoms with Gasteiger partial charge in [-0.2, -0.15) is 0 Å². The van der Waals surface area contributed by atoms with Crippen molar-refractivity contribution in [3.8, 4) is 0 Å². The van der Waals surface area contributed by atoms with Crippen molar-refractivity contribution >= 4 is 22.7 Å². The normalized spacial score (nSPS) is 23.8. The van der Waals surface area contributed by atoms with Crippen LogP contribution >= 0.6 is 0 Å². The van der Waals surface area contributed by atoms with Crippen molar-refractivity contribution in [3.63, 3.8) is 0 Å². The van der Waals surface area contributed by atoms with E-state index in [1.165, 1.54) is 89.5 Å². The van der Waals surface area contributed by atoms with Gasteiger partial charge in [0.2, 0.25) is 0 Å². The van der Waals surface area contributed by atoms with Gasteiger partial charge < -0.3 is 57.5 Å². The van der Waals surface area contributed by atoms with E-state index in [4.69, 9.17) is 37.9 Å². The van der Waals surface area contributed by atoms with E-state index in [-0.39, 0.29) is 21.7 Å². The maximum Gasteiger partial charge on any atom is 0.0984 e. The van der Waals surface area contributed by atoms with Crippen molar-refractivity contribution in [1.29, 1.82) is 0 Å². The van der Waals surface area contributed by atoms with Gasteiger partial charge in [-0.25, -0.2) is 0 Å². The Balaban J connectivity index is 0.000000163. The average Bonchev–Trinajstić information content (AvgIpc) is 4.23. The number of rotatable bonds is 28. The highest BCUT2D eigenvalue weighted by molar-refractivity contribution is 5.64. The van der Waals surface area contributed by atoms with Gasteiger partial charge in [0.05, 0.1) is 102 Å². The predicted molar refractivity (Wildman–Crippen MR) is 353 cm³/mol. The molecule has 0 spiro atoms. The van der Waals surface area contributed by atoms with Crippen LogP contribution < -0.4 is 19.6 Å². The molecule has 6 aromatic carbocycles. The fraction of sp³-hybridized carbons (Fsp3) is 0.526. The molecular formula is C76H96N4O8. The molecule has 0 radical (unpaired) electrons. The van der Waals surface area contributed by atoms with Crippen molar-refractivity contribution in [1.82, 2.24) is 0 Å². The molecule has 12 heteroatoms. The number of nitrogens with zero attached hydrogens (tertiary/aromatic N) is 4. The molecular weight excluding hydrogens is 1100 g/mol. The minimum Gasteiger partial charge on any atom is -0.371 e. The topological polar surface area (TPSA) is 113 Å². The maximum absolute atomic E-state index is 5.60. The summed E-state index contributed by atoms with van der Waals surface area (Å²) in [5.74, 6) is 0. The van der Waals surface area contributed by atoms with Crippen LogP contribution in [0.1, 0.15) is 122 Å². The van der Waals surface area contributed by atoms with Crippen LogP contribution in [0.2, 0.25) is 0 Å². The van der Waals surface area contributed by atoms with E-state index >= 15 is 0 Å². The summed E-state index contributed by atoms with van der Waals surface area (Å²) in [5.41, 5.74) is 20.6. The van der Waals surface area contributed by atoms with Gasteiger partial charge in [0.15, 0.2) is 0 Å². The summed E-state index contributed by atoms with van der Waals surface area (Å²) in [6.45, 7) is 42.2. The zero-order valence-electron chi connectivity index (χ0n) is 54.5. The van der Waals surface area contributed by atoms with Gasteiger partial charge in [0.25, 0.3) is 0 Å². The number of benzene rings is 6. The monoisotopic (exact) mass is 1190 g/mol. The first-order valence-electron chi connectivity index (χ1n) is 32.7. The molecule has 0 amide bonds. The first kappa shape index (κ1) is 61.1. The Labute approximate surface area is 524 Å². The Morgan fingerprint density at radius 2 is 0.420 bits per heavy atom. The lowest BCUT2D eigenvalue weighted by atomic mass is 9.73. The molecule has 8 fully saturated rings. The molecule has 0 saturated carbocycles. The number of epoxide rings is 8. The number of ether oxygens (including phenoxy) is 8. The molecule has 8 aliphatic heterocycles. The van der Waals surface area contributed by atoms with Crippen LogP contribution in [0.25, 0.3) is 0 Å². The number of hydrogen-bond donors (Lipinski definition) is 0. The second kappa shape index (κ2) is 24.4. The van der Waals surface area contributed by atoms with E-state index in [0.29, 0.717) is 48.8 Å². The van der Waals surface area contributed by atoms with E-state index in [2.05, 4.69) is 224 Å².